The molecule has 1 aliphatic rings. The molecule has 1 fully saturated rings. The van der Waals surface area contributed by atoms with Crippen molar-refractivity contribution < 1.29 is 23.9 Å². The van der Waals surface area contributed by atoms with Crippen LogP contribution in [0.3, 0.4) is 0 Å². The fourth-order valence-corrected chi connectivity index (χ4v) is 4.93. The van der Waals surface area contributed by atoms with E-state index in [0.29, 0.717) is 17.2 Å². The van der Waals surface area contributed by atoms with Crippen molar-refractivity contribution in [3.8, 4) is 28.4 Å². The quantitative estimate of drug-likeness (QED) is 0.322. The summed E-state index contributed by atoms with van der Waals surface area (Å²) in [4.78, 5) is 27.0. The Morgan fingerprint density at radius 3 is 2.28 bits per heavy atom. The third-order valence-corrected chi connectivity index (χ3v) is 6.95. The van der Waals surface area contributed by atoms with Gasteiger partial charge in [0.05, 0.1) is 39.8 Å². The second-order valence-electron chi connectivity index (χ2n) is 8.82. The molecule has 8 nitrogen and oxygen atoms in total. The topological polar surface area (TPSA) is 91.1 Å². The maximum atomic E-state index is 13.4. The lowest BCUT2D eigenvalue weighted by atomic mass is 9.80. The Bertz CT molecular complexity index is 1240. The van der Waals surface area contributed by atoms with E-state index in [9.17, 15) is 14.9 Å². The fourth-order valence-electron chi connectivity index (χ4n) is 4.93. The highest BCUT2D eigenvalue weighted by molar-refractivity contribution is 5.80. The second-order valence-corrected chi connectivity index (χ2v) is 8.82. The molecule has 1 aliphatic heterocycles. The van der Waals surface area contributed by atoms with Gasteiger partial charge in [-0.1, -0.05) is 42.5 Å². The van der Waals surface area contributed by atoms with Gasteiger partial charge in [0.25, 0.3) is 0 Å². The molecular formula is C28H30N2O6. The van der Waals surface area contributed by atoms with Gasteiger partial charge >= 0.3 is 0 Å². The number of methoxy groups -OCH3 is 3. The van der Waals surface area contributed by atoms with Crippen LogP contribution in [0.4, 0.5) is 0 Å². The van der Waals surface area contributed by atoms with Crippen LogP contribution < -0.4 is 14.2 Å². The van der Waals surface area contributed by atoms with Crippen molar-refractivity contribution >= 4 is 5.91 Å². The molecular weight excluding hydrogens is 460 g/mol. The summed E-state index contributed by atoms with van der Waals surface area (Å²) in [6, 6.07) is 19.3. The fraction of sp³-hybridized carbons (Fsp3) is 0.321. The monoisotopic (exact) mass is 490 g/mol. The predicted octanol–water partition coefficient (Wildman–Crippen LogP) is 5.10. The molecule has 1 amide bonds. The van der Waals surface area contributed by atoms with E-state index in [1.54, 1.807) is 32.3 Å². The summed E-state index contributed by atoms with van der Waals surface area (Å²) in [7, 11) is 4.72. The lowest BCUT2D eigenvalue weighted by molar-refractivity contribution is -0.528. The Balaban J connectivity index is 1.67. The van der Waals surface area contributed by atoms with Gasteiger partial charge in [-0.2, -0.15) is 0 Å². The molecule has 3 aromatic rings. The minimum atomic E-state index is -0.940. The third-order valence-electron chi connectivity index (χ3n) is 6.95. The van der Waals surface area contributed by atoms with Gasteiger partial charge in [-0.3, -0.25) is 14.9 Å². The van der Waals surface area contributed by atoms with Crippen LogP contribution in [0.2, 0.25) is 0 Å². The lowest BCUT2D eigenvalue weighted by Crippen LogP contribution is -2.50. The largest absolute Gasteiger partial charge is 0.497 e. The van der Waals surface area contributed by atoms with E-state index in [1.165, 1.54) is 0 Å². The van der Waals surface area contributed by atoms with Gasteiger partial charge in [0.2, 0.25) is 11.9 Å². The van der Waals surface area contributed by atoms with E-state index in [4.69, 9.17) is 14.2 Å². The van der Waals surface area contributed by atoms with Crippen LogP contribution in [0, 0.1) is 10.1 Å². The highest BCUT2D eigenvalue weighted by Gasteiger charge is 2.44. The standard InChI is InChI=1S/C28H30N2O6/c1-18(19-9-12-21(34-2)13-10-19)29-17-25(30(32)33)24(16-28(29)31)23-8-6-5-7-22(23)20-11-14-26(35-3)27(15-20)36-4/h5-15,18,24-25H,16-17H2,1-4H3. The first-order valence-corrected chi connectivity index (χ1v) is 11.8. The SMILES string of the molecule is COc1ccc(C(C)N2CC([N+](=O)[O-])C(c3ccccc3-c3ccc(OC)c(OC)c3)CC2=O)cc1. The number of carbonyl (C=O) groups is 1. The average Bonchev–Trinajstić information content (AvgIpc) is 2.92. The molecule has 1 saturated heterocycles. The van der Waals surface area contributed by atoms with E-state index in [0.717, 1.165) is 22.3 Å². The van der Waals surface area contributed by atoms with Crippen LogP contribution in [-0.2, 0) is 4.79 Å². The molecule has 3 atom stereocenters. The first kappa shape index (κ1) is 25.0. The Morgan fingerprint density at radius 1 is 0.944 bits per heavy atom. The highest BCUT2D eigenvalue weighted by Crippen LogP contribution is 2.41. The molecule has 1 heterocycles. The zero-order valence-corrected chi connectivity index (χ0v) is 20.8. The number of nitro groups is 1. The number of piperidine rings is 1. The van der Waals surface area contributed by atoms with E-state index >= 15 is 0 Å². The van der Waals surface area contributed by atoms with Crippen molar-refractivity contribution in [3.05, 3.63) is 88.0 Å². The molecule has 3 unspecified atom stereocenters. The first-order chi connectivity index (χ1) is 17.4. The van der Waals surface area contributed by atoms with Gasteiger partial charge in [0.15, 0.2) is 11.5 Å². The van der Waals surface area contributed by atoms with E-state index in [-0.39, 0.29) is 29.8 Å². The summed E-state index contributed by atoms with van der Waals surface area (Å²) < 4.78 is 16.0. The number of rotatable bonds is 8. The minimum absolute atomic E-state index is 0.0317. The van der Waals surface area contributed by atoms with E-state index in [1.807, 2.05) is 67.6 Å². The van der Waals surface area contributed by atoms with Crippen LogP contribution in [0.1, 0.15) is 36.4 Å². The summed E-state index contributed by atoms with van der Waals surface area (Å²) in [5.74, 6) is 1.21. The molecule has 188 valence electrons. The van der Waals surface area contributed by atoms with Crippen molar-refractivity contribution in [1.82, 2.24) is 4.90 Å². The van der Waals surface area contributed by atoms with Gasteiger partial charge in [0.1, 0.15) is 5.75 Å². The molecule has 0 aromatic heterocycles. The maximum absolute atomic E-state index is 13.4. The summed E-state index contributed by atoms with van der Waals surface area (Å²) in [6.07, 6.45) is 0.0520. The normalized spacial score (nSPS) is 18.4. The summed E-state index contributed by atoms with van der Waals surface area (Å²) in [5, 5.41) is 12.3. The summed E-state index contributed by atoms with van der Waals surface area (Å²) >= 11 is 0. The molecule has 8 heteroatoms. The van der Waals surface area contributed by atoms with Crippen molar-refractivity contribution in [3.63, 3.8) is 0 Å². The number of benzene rings is 3. The summed E-state index contributed by atoms with van der Waals surface area (Å²) in [5.41, 5.74) is 3.35. The van der Waals surface area contributed by atoms with Crippen molar-refractivity contribution in [2.75, 3.05) is 27.9 Å². The highest BCUT2D eigenvalue weighted by atomic mass is 16.6. The van der Waals surface area contributed by atoms with Crippen LogP contribution in [0.25, 0.3) is 11.1 Å². The Labute approximate surface area is 210 Å². The Kier molecular flexibility index (Phi) is 7.43. The van der Waals surface area contributed by atoms with Crippen LogP contribution in [0.15, 0.2) is 66.7 Å². The zero-order valence-electron chi connectivity index (χ0n) is 20.8. The number of amides is 1. The predicted molar refractivity (Wildman–Crippen MR) is 136 cm³/mol. The molecule has 4 rings (SSSR count). The molecule has 0 spiro atoms. The summed E-state index contributed by atoms with van der Waals surface area (Å²) in [6.45, 7) is 1.93. The average molecular weight is 491 g/mol. The number of carbonyl (C=O) groups excluding carboxylic acids is 1. The van der Waals surface area contributed by atoms with Crippen molar-refractivity contribution in [2.45, 2.75) is 31.3 Å². The molecule has 0 bridgehead atoms. The van der Waals surface area contributed by atoms with Crippen molar-refractivity contribution in [1.29, 1.82) is 0 Å². The Morgan fingerprint density at radius 2 is 1.64 bits per heavy atom. The molecule has 3 aromatic carbocycles. The van der Waals surface area contributed by atoms with Gasteiger partial charge in [-0.25, -0.2) is 0 Å². The molecule has 0 radical (unpaired) electrons. The molecule has 0 N–H and O–H groups in total. The maximum Gasteiger partial charge on any atom is 0.237 e. The number of likely N-dealkylation sites (tertiary alicyclic amines) is 1. The smallest absolute Gasteiger partial charge is 0.237 e. The minimum Gasteiger partial charge on any atom is -0.497 e. The van der Waals surface area contributed by atoms with Crippen LogP contribution in [0.5, 0.6) is 17.2 Å². The molecule has 0 saturated carbocycles. The number of hydrogen-bond donors (Lipinski definition) is 0. The number of ether oxygens (including phenoxy) is 3. The van der Waals surface area contributed by atoms with Gasteiger partial charge in [-0.15, -0.1) is 0 Å². The van der Waals surface area contributed by atoms with Gasteiger partial charge < -0.3 is 19.1 Å². The molecule has 36 heavy (non-hydrogen) atoms. The Hall–Kier alpha value is -4.07. The number of hydrogen-bond acceptors (Lipinski definition) is 6. The number of nitrogens with zero attached hydrogens (tertiary/aromatic N) is 2. The van der Waals surface area contributed by atoms with Crippen LogP contribution in [-0.4, -0.2) is 49.6 Å². The third kappa shape index (κ3) is 4.84. The van der Waals surface area contributed by atoms with Crippen LogP contribution >= 0.6 is 0 Å². The second kappa shape index (κ2) is 10.7. The van der Waals surface area contributed by atoms with Crippen molar-refractivity contribution in [2.24, 2.45) is 0 Å². The first-order valence-electron chi connectivity index (χ1n) is 11.8. The van der Waals surface area contributed by atoms with Gasteiger partial charge in [-0.05, 0) is 53.4 Å². The molecule has 0 aliphatic carbocycles. The lowest BCUT2D eigenvalue weighted by Gasteiger charge is -2.38. The van der Waals surface area contributed by atoms with Gasteiger partial charge in [0, 0.05) is 11.3 Å². The van der Waals surface area contributed by atoms with E-state index in [2.05, 4.69) is 0 Å². The van der Waals surface area contributed by atoms with E-state index < -0.39 is 12.0 Å². The zero-order chi connectivity index (χ0) is 25.8.